The minimum Gasteiger partial charge on any atom is -0.618 e. The largest absolute Gasteiger partial charge is 0.618 e. The van der Waals surface area contributed by atoms with E-state index in [2.05, 4.69) is 5.32 Å². The summed E-state index contributed by atoms with van der Waals surface area (Å²) in [6.45, 7) is 5.17. The fourth-order valence-electron chi connectivity index (χ4n) is 2.76. The third-order valence-electron chi connectivity index (χ3n) is 4.16. The van der Waals surface area contributed by atoms with Crippen LogP contribution in [0.2, 0.25) is 0 Å². The van der Waals surface area contributed by atoms with Gasteiger partial charge >= 0.3 is 0 Å². The first-order chi connectivity index (χ1) is 11.8. The fraction of sp³-hybridized carbons (Fsp3) is 0.278. The summed E-state index contributed by atoms with van der Waals surface area (Å²) in [6.07, 6.45) is 1.40. The van der Waals surface area contributed by atoms with Crippen LogP contribution >= 0.6 is 11.8 Å². The van der Waals surface area contributed by atoms with Gasteiger partial charge in [-0.2, -0.15) is 4.73 Å². The number of para-hydroxylation sites is 2. The van der Waals surface area contributed by atoms with Crippen LogP contribution in [-0.2, 0) is 9.59 Å². The zero-order valence-electron chi connectivity index (χ0n) is 14.2. The predicted molar refractivity (Wildman–Crippen MR) is 97.4 cm³/mol. The van der Waals surface area contributed by atoms with E-state index in [0.29, 0.717) is 16.4 Å². The average Bonchev–Trinajstić information content (AvgIpc) is 2.57. The SMILES string of the molecule is CC(Sc1cccc[n+]1[O-])C(=O)N1c2ccccc2NC(=O)C1(C)C. The van der Waals surface area contributed by atoms with Crippen molar-refractivity contribution in [2.24, 2.45) is 0 Å². The lowest BCUT2D eigenvalue weighted by Crippen LogP contribution is -2.60. The van der Waals surface area contributed by atoms with Crippen LogP contribution in [0.15, 0.2) is 53.7 Å². The molecule has 7 heteroatoms. The van der Waals surface area contributed by atoms with Crippen molar-refractivity contribution in [2.45, 2.75) is 36.6 Å². The molecule has 0 saturated heterocycles. The van der Waals surface area contributed by atoms with E-state index >= 15 is 0 Å². The van der Waals surface area contributed by atoms with E-state index in [9.17, 15) is 14.8 Å². The topological polar surface area (TPSA) is 76.3 Å². The van der Waals surface area contributed by atoms with E-state index in [1.165, 1.54) is 22.9 Å². The number of thioether (sulfide) groups is 1. The lowest BCUT2D eigenvalue weighted by molar-refractivity contribution is -0.645. The second kappa shape index (κ2) is 6.40. The summed E-state index contributed by atoms with van der Waals surface area (Å²) >= 11 is 1.18. The molecule has 1 aliphatic heterocycles. The van der Waals surface area contributed by atoms with Gasteiger partial charge in [-0.15, -0.1) is 0 Å². The van der Waals surface area contributed by atoms with E-state index in [1.54, 1.807) is 45.0 Å². The third-order valence-corrected chi connectivity index (χ3v) is 5.27. The number of carbonyl (C=O) groups excluding carboxylic acids is 2. The molecule has 6 nitrogen and oxygen atoms in total. The predicted octanol–water partition coefficient (Wildman–Crippen LogP) is 2.56. The molecule has 1 aliphatic rings. The lowest BCUT2D eigenvalue weighted by Gasteiger charge is -2.42. The highest BCUT2D eigenvalue weighted by atomic mass is 32.2. The Labute approximate surface area is 150 Å². The molecule has 0 radical (unpaired) electrons. The van der Waals surface area contributed by atoms with Crippen LogP contribution in [0.1, 0.15) is 20.8 Å². The van der Waals surface area contributed by atoms with Gasteiger partial charge in [0.1, 0.15) is 5.54 Å². The molecule has 0 aliphatic carbocycles. The minimum absolute atomic E-state index is 0.221. The first-order valence-corrected chi connectivity index (χ1v) is 8.79. The Morgan fingerprint density at radius 1 is 1.24 bits per heavy atom. The van der Waals surface area contributed by atoms with Crippen LogP contribution in [0.5, 0.6) is 0 Å². The molecule has 1 atom stereocenters. The lowest BCUT2D eigenvalue weighted by atomic mass is 9.96. The Kier molecular flexibility index (Phi) is 4.43. The molecule has 0 fully saturated rings. The summed E-state index contributed by atoms with van der Waals surface area (Å²) in [6, 6.07) is 12.3. The number of amides is 2. The van der Waals surface area contributed by atoms with Crippen molar-refractivity contribution in [3.8, 4) is 0 Å². The van der Waals surface area contributed by atoms with E-state index in [0.717, 1.165) is 4.73 Å². The molecule has 1 unspecified atom stereocenters. The van der Waals surface area contributed by atoms with Crippen molar-refractivity contribution in [1.29, 1.82) is 0 Å². The number of hydrogen-bond donors (Lipinski definition) is 1. The normalized spacial score (nSPS) is 16.8. The van der Waals surface area contributed by atoms with Gasteiger partial charge in [0.2, 0.25) is 11.8 Å². The molecule has 2 aromatic rings. The first-order valence-electron chi connectivity index (χ1n) is 7.92. The number of rotatable bonds is 3. The van der Waals surface area contributed by atoms with Crippen LogP contribution in [-0.4, -0.2) is 22.6 Å². The summed E-state index contributed by atoms with van der Waals surface area (Å²) in [7, 11) is 0. The van der Waals surface area contributed by atoms with Crippen molar-refractivity contribution in [3.05, 3.63) is 53.9 Å². The Morgan fingerprint density at radius 3 is 2.64 bits per heavy atom. The summed E-state index contributed by atoms with van der Waals surface area (Å²) < 4.78 is 0.733. The van der Waals surface area contributed by atoms with Gasteiger partial charge < -0.3 is 10.5 Å². The molecule has 1 aromatic carbocycles. The summed E-state index contributed by atoms with van der Waals surface area (Å²) in [5.41, 5.74) is 0.244. The molecule has 0 saturated carbocycles. The number of anilines is 2. The molecule has 1 aromatic heterocycles. The van der Waals surface area contributed by atoms with Crippen LogP contribution in [0.4, 0.5) is 11.4 Å². The maximum absolute atomic E-state index is 13.2. The van der Waals surface area contributed by atoms with Gasteiger partial charge in [0.15, 0.2) is 6.20 Å². The Bertz CT molecular complexity index is 838. The van der Waals surface area contributed by atoms with Crippen molar-refractivity contribution in [3.63, 3.8) is 0 Å². The van der Waals surface area contributed by atoms with Gasteiger partial charge in [0.05, 0.1) is 16.6 Å². The van der Waals surface area contributed by atoms with Gasteiger partial charge in [0, 0.05) is 12.1 Å². The van der Waals surface area contributed by atoms with Gasteiger partial charge in [-0.05, 0) is 50.7 Å². The van der Waals surface area contributed by atoms with Gasteiger partial charge in [-0.25, -0.2) is 0 Å². The number of benzene rings is 1. The number of hydrogen-bond acceptors (Lipinski definition) is 4. The van der Waals surface area contributed by atoms with Crippen LogP contribution < -0.4 is 14.9 Å². The maximum atomic E-state index is 13.2. The van der Waals surface area contributed by atoms with Gasteiger partial charge in [-0.1, -0.05) is 12.1 Å². The van der Waals surface area contributed by atoms with E-state index in [1.807, 2.05) is 18.2 Å². The Morgan fingerprint density at radius 2 is 1.92 bits per heavy atom. The van der Waals surface area contributed by atoms with Crippen molar-refractivity contribution in [1.82, 2.24) is 0 Å². The molecular formula is C18H19N3O3S. The van der Waals surface area contributed by atoms with Crippen molar-refractivity contribution >= 4 is 35.0 Å². The van der Waals surface area contributed by atoms with Crippen LogP contribution in [0, 0.1) is 5.21 Å². The number of nitrogens with zero attached hydrogens (tertiary/aromatic N) is 2. The molecule has 25 heavy (non-hydrogen) atoms. The quantitative estimate of drug-likeness (QED) is 0.520. The summed E-state index contributed by atoms with van der Waals surface area (Å²) in [5, 5.41) is 14.6. The molecule has 3 rings (SSSR count). The monoisotopic (exact) mass is 357 g/mol. The second-order valence-electron chi connectivity index (χ2n) is 6.33. The van der Waals surface area contributed by atoms with Gasteiger partial charge in [0.25, 0.3) is 5.03 Å². The fourth-order valence-corrected chi connectivity index (χ4v) is 3.65. The molecular weight excluding hydrogens is 338 g/mol. The van der Waals surface area contributed by atoms with Crippen molar-refractivity contribution < 1.29 is 14.3 Å². The van der Waals surface area contributed by atoms with E-state index < -0.39 is 10.8 Å². The summed E-state index contributed by atoms with van der Waals surface area (Å²) in [4.78, 5) is 27.1. The highest BCUT2D eigenvalue weighted by molar-refractivity contribution is 8.00. The Hall–Kier alpha value is -2.54. The molecule has 0 bridgehead atoms. The third kappa shape index (κ3) is 3.07. The molecule has 2 amide bonds. The first kappa shape index (κ1) is 17.3. The summed E-state index contributed by atoms with van der Waals surface area (Å²) in [5.74, 6) is -0.462. The van der Waals surface area contributed by atoms with E-state index in [-0.39, 0.29) is 11.8 Å². The highest BCUT2D eigenvalue weighted by Crippen LogP contribution is 2.38. The highest BCUT2D eigenvalue weighted by Gasteiger charge is 2.45. The zero-order valence-corrected chi connectivity index (χ0v) is 15.0. The smallest absolute Gasteiger partial charge is 0.252 e. The van der Waals surface area contributed by atoms with Crippen molar-refractivity contribution in [2.75, 3.05) is 10.2 Å². The number of fused-ring (bicyclic) bond motifs is 1. The minimum atomic E-state index is -1.02. The van der Waals surface area contributed by atoms with Crippen LogP contribution in [0.3, 0.4) is 0 Å². The molecule has 2 heterocycles. The number of nitrogens with one attached hydrogen (secondary N) is 1. The standard InChI is InChI=1S/C18H19N3O3S/c1-12(25-15-10-6-7-11-20(15)24)16(22)21-14-9-5-4-8-13(14)19-17(23)18(21,2)3/h4-12H,1-3H3,(H,19,23). The van der Waals surface area contributed by atoms with E-state index in [4.69, 9.17) is 0 Å². The number of pyridine rings is 1. The number of aromatic nitrogens is 1. The molecule has 130 valence electrons. The van der Waals surface area contributed by atoms with Gasteiger partial charge in [-0.3, -0.25) is 14.5 Å². The molecule has 1 N–H and O–H groups in total. The van der Waals surface area contributed by atoms with Crippen LogP contribution in [0.25, 0.3) is 0 Å². The Balaban J connectivity index is 1.94. The molecule has 0 spiro atoms. The number of carbonyl (C=O) groups is 2. The zero-order chi connectivity index (χ0) is 18.2. The second-order valence-corrected chi connectivity index (χ2v) is 7.69. The maximum Gasteiger partial charge on any atom is 0.252 e. The average molecular weight is 357 g/mol.